The Balaban J connectivity index is 5.35. The molecule has 0 amide bonds. The van der Waals surface area contributed by atoms with Crippen molar-refractivity contribution in [1.29, 1.82) is 0 Å². The van der Waals surface area contributed by atoms with Gasteiger partial charge in [0.2, 0.25) is 0 Å². The molecule has 2 N–H and O–H groups in total. The summed E-state index contributed by atoms with van der Waals surface area (Å²) in [5.41, 5.74) is 0. The van der Waals surface area contributed by atoms with Gasteiger partial charge in [-0.3, -0.25) is 0 Å². The summed E-state index contributed by atoms with van der Waals surface area (Å²) in [5, 5.41) is 16.5. The molecule has 0 aliphatic heterocycles. The van der Waals surface area contributed by atoms with E-state index in [-0.39, 0.29) is 0 Å². The number of allylic oxidation sites excluding steroid dienone is 2. The Morgan fingerprint density at radius 3 is 1.60 bits per heavy atom. The minimum absolute atomic E-state index is 1.11. The van der Waals surface area contributed by atoms with Crippen molar-refractivity contribution in [2.75, 3.05) is 0 Å². The third-order valence-corrected chi connectivity index (χ3v) is 0.401. The molecule has 0 saturated heterocycles. The molecule has 0 aromatic heterocycles. The zero-order valence-electron chi connectivity index (χ0n) is 8.71. The molecule has 0 saturated carbocycles. The molecule has 0 heterocycles. The molecule has 0 aromatic carbocycles. The zero-order chi connectivity index (χ0) is 11.5. The molecule has 0 unspecified atom stereocenters. The van der Waals surface area contributed by atoms with Crippen LogP contribution in [0.2, 0.25) is 0 Å². The van der Waals surface area contributed by atoms with E-state index in [4.69, 9.17) is 15.7 Å². The van der Waals surface area contributed by atoms with Gasteiger partial charge in [-0.25, -0.2) is 9.59 Å². The van der Waals surface area contributed by atoms with Crippen LogP contribution in [0.15, 0.2) is 24.2 Å². The van der Waals surface area contributed by atoms with E-state index in [2.05, 4.69) is 0 Å². The lowest BCUT2D eigenvalue weighted by atomic mass is 10.4. The molecular formula is C6H6O4. The lowest BCUT2D eigenvalue weighted by molar-refractivity contribution is -0.132. The smallest absolute Gasteiger partial charge is 0.328 e. The number of hydrogen-bond donors (Lipinski definition) is 2. The Labute approximate surface area is 62.7 Å². The van der Waals surface area contributed by atoms with Crippen molar-refractivity contribution in [2.45, 2.75) is 0 Å². The fourth-order valence-corrected chi connectivity index (χ4v) is 0.169. The van der Waals surface area contributed by atoms with E-state index in [9.17, 15) is 9.59 Å². The molecule has 10 heavy (non-hydrogen) atoms. The van der Waals surface area contributed by atoms with Gasteiger partial charge in [-0.1, -0.05) is 12.1 Å². The van der Waals surface area contributed by atoms with Gasteiger partial charge in [-0.05, 0) is 0 Å². The van der Waals surface area contributed by atoms with Crippen molar-refractivity contribution in [3.8, 4) is 0 Å². The van der Waals surface area contributed by atoms with E-state index in [1.54, 1.807) is 0 Å². The van der Waals surface area contributed by atoms with Gasteiger partial charge in [0.15, 0.2) is 0 Å². The van der Waals surface area contributed by atoms with Crippen LogP contribution in [0.1, 0.15) is 5.48 Å². The van der Waals surface area contributed by atoms with Crippen LogP contribution >= 0.6 is 0 Å². The maximum Gasteiger partial charge on any atom is 0.328 e. The van der Waals surface area contributed by atoms with Gasteiger partial charge in [-0.2, -0.15) is 0 Å². The molecule has 0 aromatic rings. The Bertz CT molecular complexity index is 310. The monoisotopic (exact) mass is 146 g/mol. The summed E-state index contributed by atoms with van der Waals surface area (Å²) in [5.74, 6) is -3.50. The van der Waals surface area contributed by atoms with E-state index in [0.29, 0.717) is 0 Å². The second-order valence-electron chi connectivity index (χ2n) is 1.11. The molecule has 4 heteroatoms. The van der Waals surface area contributed by atoms with Crippen molar-refractivity contribution < 1.29 is 25.3 Å². The van der Waals surface area contributed by atoms with Crippen LogP contribution in [0.4, 0.5) is 0 Å². The summed E-state index contributed by atoms with van der Waals surface area (Å²) in [7, 11) is 0. The van der Waals surface area contributed by atoms with Crippen LogP contribution in [-0.2, 0) is 9.59 Å². The first-order valence-electron chi connectivity index (χ1n) is 4.11. The minimum atomic E-state index is -1.75. The third kappa shape index (κ3) is 6.42. The van der Waals surface area contributed by atoms with Gasteiger partial charge >= 0.3 is 11.9 Å². The fraction of sp³-hybridized carbons (Fsp3) is 0. The number of carboxylic acids is 2. The first-order valence-corrected chi connectivity index (χ1v) is 2.11. The molecule has 4 nitrogen and oxygen atoms in total. The lowest BCUT2D eigenvalue weighted by Gasteiger charge is -1.75. The average Bonchev–Trinajstić information content (AvgIpc) is 2.12. The molecule has 0 aliphatic rings. The van der Waals surface area contributed by atoms with E-state index in [0.717, 1.165) is 0 Å². The molecule has 0 rings (SSSR count). The Morgan fingerprint density at radius 2 is 1.40 bits per heavy atom. The van der Waals surface area contributed by atoms with Crippen molar-refractivity contribution in [3.63, 3.8) is 0 Å². The quantitative estimate of drug-likeness (QED) is 0.442. The van der Waals surface area contributed by atoms with Crippen LogP contribution in [0.25, 0.3) is 0 Å². The molecule has 0 radical (unpaired) electrons. The van der Waals surface area contributed by atoms with Gasteiger partial charge < -0.3 is 10.2 Å². The van der Waals surface area contributed by atoms with Crippen LogP contribution in [0.3, 0.4) is 0 Å². The minimum Gasteiger partial charge on any atom is -0.478 e. The van der Waals surface area contributed by atoms with Crippen LogP contribution in [0.5, 0.6) is 0 Å². The number of rotatable bonds is 3. The molecule has 0 aliphatic carbocycles. The predicted molar refractivity (Wildman–Crippen MR) is 33.6 cm³/mol. The number of hydrogen-bond acceptors (Lipinski definition) is 2. The molecule has 0 atom stereocenters. The highest BCUT2D eigenvalue weighted by molar-refractivity contribution is 5.82. The summed E-state index contributed by atoms with van der Waals surface area (Å²) < 4.78 is 27.4. The van der Waals surface area contributed by atoms with E-state index >= 15 is 0 Å². The standard InChI is InChI=1S/C6H6O4/c7-5(8)3-1-2-4-6(9)10/h1-4H,(H,7,8)(H,9,10)/b3-1-,4-2+/i1D,2D,3D,4D. The second kappa shape index (κ2) is 4.31. The highest BCUT2D eigenvalue weighted by Gasteiger charge is 1.83. The Morgan fingerprint density at radius 1 is 1.10 bits per heavy atom. The predicted octanol–water partition coefficient (Wildman–Crippen LogP) is 0.268. The van der Waals surface area contributed by atoms with Gasteiger partial charge in [0.1, 0.15) is 0 Å². The molecule has 0 fully saturated rings. The van der Waals surface area contributed by atoms with E-state index < -0.39 is 36.1 Å². The summed E-state index contributed by atoms with van der Waals surface area (Å²) >= 11 is 0. The van der Waals surface area contributed by atoms with Crippen molar-refractivity contribution in [1.82, 2.24) is 0 Å². The third-order valence-electron chi connectivity index (χ3n) is 0.401. The molecule has 0 spiro atoms. The van der Waals surface area contributed by atoms with E-state index in [1.807, 2.05) is 0 Å². The highest BCUT2D eigenvalue weighted by atomic mass is 16.4. The van der Waals surface area contributed by atoms with Gasteiger partial charge in [-0.15, -0.1) is 0 Å². The summed E-state index contributed by atoms with van der Waals surface area (Å²) in [6.45, 7) is 0. The molecular weight excluding hydrogens is 136 g/mol. The van der Waals surface area contributed by atoms with E-state index in [1.165, 1.54) is 0 Å². The SMILES string of the molecule is [2H]/C(C(=O)O)=C([2H])/C([2H])=C(\[2H])C(=O)O. The number of carbonyl (C=O) groups is 2. The Kier molecular flexibility index (Phi) is 1.53. The second-order valence-corrected chi connectivity index (χ2v) is 1.11. The number of aliphatic carboxylic acids is 2. The summed E-state index contributed by atoms with van der Waals surface area (Å²) in [6, 6.07) is -4.66. The normalized spacial score (nSPS) is 20.4. The Hall–Kier alpha value is -1.58. The van der Waals surface area contributed by atoms with Gasteiger partial charge in [0, 0.05) is 12.1 Å². The van der Waals surface area contributed by atoms with Crippen LogP contribution in [-0.4, -0.2) is 22.2 Å². The topological polar surface area (TPSA) is 74.6 Å². The van der Waals surface area contributed by atoms with Crippen LogP contribution in [0, 0.1) is 0 Å². The summed E-state index contributed by atoms with van der Waals surface area (Å²) in [4.78, 5) is 20.3. The zero-order valence-corrected chi connectivity index (χ0v) is 4.71. The lowest BCUT2D eigenvalue weighted by Crippen LogP contribution is -1.86. The molecule has 0 bridgehead atoms. The molecule has 54 valence electrons. The van der Waals surface area contributed by atoms with Gasteiger partial charge in [0.05, 0.1) is 5.48 Å². The number of carboxylic acid groups (broad SMARTS) is 2. The summed E-state index contributed by atoms with van der Waals surface area (Å²) in [6.07, 6.45) is 0. The maximum atomic E-state index is 10.2. The van der Waals surface area contributed by atoms with Gasteiger partial charge in [0.25, 0.3) is 0 Å². The first-order chi connectivity index (χ1) is 6.29. The van der Waals surface area contributed by atoms with Crippen molar-refractivity contribution in [2.24, 2.45) is 0 Å². The average molecular weight is 146 g/mol. The highest BCUT2D eigenvalue weighted by Crippen LogP contribution is 1.76. The first kappa shape index (κ1) is 3.55. The maximum absolute atomic E-state index is 10.2. The van der Waals surface area contributed by atoms with Crippen molar-refractivity contribution in [3.05, 3.63) is 24.2 Å². The van der Waals surface area contributed by atoms with Crippen LogP contribution < -0.4 is 0 Å². The fourth-order valence-electron chi connectivity index (χ4n) is 0.169. The van der Waals surface area contributed by atoms with Crippen molar-refractivity contribution >= 4 is 11.9 Å². The largest absolute Gasteiger partial charge is 0.478 e.